The summed E-state index contributed by atoms with van der Waals surface area (Å²) in [5, 5.41) is 5.67. The number of rotatable bonds is 4. The number of esters is 1. The first kappa shape index (κ1) is 12.9. The van der Waals surface area contributed by atoms with E-state index in [1.807, 2.05) is 4.90 Å². The number of carbonyl (C=O) groups excluding carboxylic acids is 2. The lowest BCUT2D eigenvalue weighted by Crippen LogP contribution is -2.57. The fraction of sp³-hybridized carbons (Fsp3) is 0.800. The molecule has 1 fully saturated rings. The van der Waals surface area contributed by atoms with Gasteiger partial charge in [0.25, 0.3) is 0 Å². The first-order valence-corrected chi connectivity index (χ1v) is 5.51. The smallest absolute Gasteiger partial charge is 0.324 e. The fourth-order valence-corrected chi connectivity index (χ4v) is 1.67. The van der Waals surface area contributed by atoms with Gasteiger partial charge < -0.3 is 15.4 Å². The largest absolute Gasteiger partial charge is 0.465 e. The maximum absolute atomic E-state index is 11.6. The maximum atomic E-state index is 11.6. The highest BCUT2D eigenvalue weighted by Crippen LogP contribution is 2.05. The molecule has 0 radical (unpaired) electrons. The molecule has 1 aliphatic heterocycles. The van der Waals surface area contributed by atoms with E-state index in [2.05, 4.69) is 10.6 Å². The van der Waals surface area contributed by atoms with Crippen molar-refractivity contribution in [2.75, 3.05) is 39.8 Å². The van der Waals surface area contributed by atoms with Gasteiger partial charge in [-0.1, -0.05) is 0 Å². The summed E-state index contributed by atoms with van der Waals surface area (Å²) in [6.45, 7) is 4.38. The van der Waals surface area contributed by atoms with Crippen LogP contribution in [0.5, 0.6) is 0 Å². The van der Waals surface area contributed by atoms with Gasteiger partial charge in [-0.2, -0.15) is 0 Å². The normalized spacial score (nSPS) is 21.5. The zero-order valence-corrected chi connectivity index (χ0v) is 9.78. The Labute approximate surface area is 95.3 Å². The Morgan fingerprint density at radius 1 is 1.56 bits per heavy atom. The Kier molecular flexibility index (Phi) is 5.21. The summed E-state index contributed by atoms with van der Waals surface area (Å²) in [4.78, 5) is 24.8. The Bertz CT molecular complexity index is 258. The van der Waals surface area contributed by atoms with Crippen LogP contribution in [0.25, 0.3) is 0 Å². The third-order valence-corrected chi connectivity index (χ3v) is 2.54. The SMILES string of the molecule is CCOC(=O)C1CNCCN1CC(=O)NC. The molecule has 0 aromatic rings. The van der Waals surface area contributed by atoms with Gasteiger partial charge in [-0.05, 0) is 6.92 Å². The molecular weight excluding hydrogens is 210 g/mol. The fourth-order valence-electron chi connectivity index (χ4n) is 1.67. The van der Waals surface area contributed by atoms with E-state index >= 15 is 0 Å². The summed E-state index contributed by atoms with van der Waals surface area (Å²) < 4.78 is 4.97. The Morgan fingerprint density at radius 3 is 2.94 bits per heavy atom. The quantitative estimate of drug-likeness (QED) is 0.578. The van der Waals surface area contributed by atoms with E-state index in [0.29, 0.717) is 19.7 Å². The lowest BCUT2D eigenvalue weighted by atomic mass is 10.2. The summed E-state index contributed by atoms with van der Waals surface area (Å²) in [5.41, 5.74) is 0. The van der Waals surface area contributed by atoms with Crippen molar-refractivity contribution in [3.63, 3.8) is 0 Å². The summed E-state index contributed by atoms with van der Waals surface area (Å²) in [6, 6.07) is -0.356. The van der Waals surface area contributed by atoms with Gasteiger partial charge >= 0.3 is 5.97 Å². The minimum atomic E-state index is -0.356. The van der Waals surface area contributed by atoms with Crippen molar-refractivity contribution in [2.24, 2.45) is 0 Å². The number of hydrogen-bond acceptors (Lipinski definition) is 5. The first-order chi connectivity index (χ1) is 7.69. The molecule has 1 heterocycles. The standard InChI is InChI=1S/C10H19N3O3/c1-3-16-10(15)8-6-12-4-5-13(8)7-9(14)11-2/h8,12H,3-7H2,1-2H3,(H,11,14). The molecule has 16 heavy (non-hydrogen) atoms. The average molecular weight is 229 g/mol. The summed E-state index contributed by atoms with van der Waals surface area (Å²) in [5.74, 6) is -0.352. The van der Waals surface area contributed by atoms with E-state index in [-0.39, 0.29) is 24.5 Å². The third-order valence-electron chi connectivity index (χ3n) is 2.54. The second-order valence-electron chi connectivity index (χ2n) is 3.62. The average Bonchev–Trinajstić information content (AvgIpc) is 2.30. The molecule has 0 bridgehead atoms. The third kappa shape index (κ3) is 3.46. The molecule has 1 saturated heterocycles. The number of nitrogens with zero attached hydrogens (tertiary/aromatic N) is 1. The van der Waals surface area contributed by atoms with Gasteiger partial charge in [0.1, 0.15) is 6.04 Å². The van der Waals surface area contributed by atoms with Gasteiger partial charge in [0, 0.05) is 26.7 Å². The molecule has 1 unspecified atom stereocenters. The number of nitrogens with one attached hydrogen (secondary N) is 2. The van der Waals surface area contributed by atoms with Crippen molar-refractivity contribution >= 4 is 11.9 Å². The molecule has 6 heteroatoms. The topological polar surface area (TPSA) is 70.7 Å². The molecule has 92 valence electrons. The molecule has 1 amide bonds. The van der Waals surface area contributed by atoms with Crippen LogP contribution in [0, 0.1) is 0 Å². The van der Waals surface area contributed by atoms with Gasteiger partial charge in [0.2, 0.25) is 5.91 Å². The van der Waals surface area contributed by atoms with Crippen LogP contribution in [0.4, 0.5) is 0 Å². The van der Waals surface area contributed by atoms with Gasteiger partial charge in [-0.3, -0.25) is 14.5 Å². The highest BCUT2D eigenvalue weighted by molar-refractivity contribution is 5.80. The predicted octanol–water partition coefficient (Wildman–Crippen LogP) is -1.43. The van der Waals surface area contributed by atoms with Crippen LogP contribution in [0.3, 0.4) is 0 Å². The van der Waals surface area contributed by atoms with Crippen molar-refractivity contribution in [3.8, 4) is 0 Å². The van der Waals surface area contributed by atoms with E-state index in [1.165, 1.54) is 0 Å². The second-order valence-corrected chi connectivity index (χ2v) is 3.62. The predicted molar refractivity (Wildman–Crippen MR) is 58.9 cm³/mol. The number of hydrogen-bond donors (Lipinski definition) is 2. The van der Waals surface area contributed by atoms with Crippen LogP contribution in [0.15, 0.2) is 0 Å². The van der Waals surface area contributed by atoms with Crippen LogP contribution in [0.1, 0.15) is 6.92 Å². The van der Waals surface area contributed by atoms with Crippen molar-refractivity contribution in [2.45, 2.75) is 13.0 Å². The zero-order valence-electron chi connectivity index (χ0n) is 9.78. The van der Waals surface area contributed by atoms with Crippen molar-refractivity contribution in [1.29, 1.82) is 0 Å². The Hall–Kier alpha value is -1.14. The Morgan fingerprint density at radius 2 is 2.31 bits per heavy atom. The molecule has 0 aliphatic carbocycles. The van der Waals surface area contributed by atoms with Crippen LogP contribution in [-0.2, 0) is 14.3 Å². The summed E-state index contributed by atoms with van der Waals surface area (Å²) >= 11 is 0. The minimum absolute atomic E-state index is 0.0869. The van der Waals surface area contributed by atoms with Crippen molar-refractivity contribution < 1.29 is 14.3 Å². The zero-order chi connectivity index (χ0) is 12.0. The second kappa shape index (κ2) is 6.44. The molecular formula is C10H19N3O3. The maximum Gasteiger partial charge on any atom is 0.324 e. The minimum Gasteiger partial charge on any atom is -0.465 e. The highest BCUT2D eigenvalue weighted by atomic mass is 16.5. The molecule has 2 N–H and O–H groups in total. The van der Waals surface area contributed by atoms with Crippen molar-refractivity contribution in [1.82, 2.24) is 15.5 Å². The van der Waals surface area contributed by atoms with E-state index in [1.54, 1.807) is 14.0 Å². The van der Waals surface area contributed by atoms with E-state index in [4.69, 9.17) is 4.74 Å². The number of piperazine rings is 1. The highest BCUT2D eigenvalue weighted by Gasteiger charge is 2.30. The molecule has 1 rings (SSSR count). The van der Waals surface area contributed by atoms with Crippen LogP contribution in [-0.4, -0.2) is 62.7 Å². The summed E-state index contributed by atoms with van der Waals surface area (Å²) in [7, 11) is 1.59. The molecule has 0 spiro atoms. The molecule has 0 aromatic carbocycles. The number of carbonyl (C=O) groups is 2. The number of ether oxygens (including phenoxy) is 1. The van der Waals surface area contributed by atoms with E-state index < -0.39 is 0 Å². The van der Waals surface area contributed by atoms with Gasteiger partial charge in [0.05, 0.1) is 13.2 Å². The molecule has 1 aliphatic rings. The van der Waals surface area contributed by atoms with Crippen LogP contribution >= 0.6 is 0 Å². The lowest BCUT2D eigenvalue weighted by molar-refractivity contribution is -0.150. The van der Waals surface area contributed by atoms with Gasteiger partial charge in [0.15, 0.2) is 0 Å². The van der Waals surface area contributed by atoms with Crippen LogP contribution < -0.4 is 10.6 Å². The van der Waals surface area contributed by atoms with Crippen LogP contribution in [0.2, 0.25) is 0 Å². The first-order valence-electron chi connectivity index (χ1n) is 5.51. The molecule has 1 atom stereocenters. The van der Waals surface area contributed by atoms with E-state index in [9.17, 15) is 9.59 Å². The monoisotopic (exact) mass is 229 g/mol. The van der Waals surface area contributed by atoms with E-state index in [0.717, 1.165) is 6.54 Å². The number of amides is 1. The molecule has 6 nitrogen and oxygen atoms in total. The summed E-state index contributed by atoms with van der Waals surface area (Å²) in [6.07, 6.45) is 0. The molecule has 0 aromatic heterocycles. The lowest BCUT2D eigenvalue weighted by Gasteiger charge is -2.33. The molecule has 0 saturated carbocycles. The van der Waals surface area contributed by atoms with Gasteiger partial charge in [-0.15, -0.1) is 0 Å². The number of likely N-dealkylation sites (N-methyl/N-ethyl adjacent to an activating group) is 1. The van der Waals surface area contributed by atoms with Gasteiger partial charge in [-0.25, -0.2) is 0 Å². The van der Waals surface area contributed by atoms with Crippen molar-refractivity contribution in [3.05, 3.63) is 0 Å². The Balaban J connectivity index is 2.56.